The van der Waals surface area contributed by atoms with Gasteiger partial charge in [-0.25, -0.2) is 4.79 Å². The molecule has 2 fully saturated rings. The normalized spacial score (nSPS) is 25.4. The van der Waals surface area contributed by atoms with Crippen LogP contribution in [0.2, 0.25) is 0 Å². The van der Waals surface area contributed by atoms with E-state index >= 15 is 0 Å². The van der Waals surface area contributed by atoms with Gasteiger partial charge in [0.05, 0.1) is 11.6 Å². The fraction of sp³-hybridized carbons (Fsp3) is 0.500. The molecule has 1 N–H and O–H groups in total. The van der Waals surface area contributed by atoms with E-state index in [0.717, 1.165) is 12.1 Å². The molecule has 2 saturated heterocycles. The molecule has 6 heteroatoms. The first-order valence-electron chi connectivity index (χ1n) is 8.28. The Hall–Kier alpha value is -2.39. The molecule has 0 saturated carbocycles. The Morgan fingerprint density at radius 1 is 1.21 bits per heavy atom. The van der Waals surface area contributed by atoms with Crippen molar-refractivity contribution < 1.29 is 9.59 Å². The van der Waals surface area contributed by atoms with Crippen LogP contribution in [0.25, 0.3) is 0 Å². The van der Waals surface area contributed by atoms with E-state index in [2.05, 4.69) is 23.2 Å². The van der Waals surface area contributed by atoms with Gasteiger partial charge in [-0.2, -0.15) is 5.26 Å². The lowest BCUT2D eigenvalue weighted by atomic mass is 9.98. The van der Waals surface area contributed by atoms with Crippen molar-refractivity contribution >= 4 is 11.9 Å². The van der Waals surface area contributed by atoms with Gasteiger partial charge in [-0.3, -0.25) is 14.6 Å². The van der Waals surface area contributed by atoms with Crippen LogP contribution in [0.4, 0.5) is 4.79 Å². The van der Waals surface area contributed by atoms with Crippen molar-refractivity contribution in [1.82, 2.24) is 15.1 Å². The summed E-state index contributed by atoms with van der Waals surface area (Å²) >= 11 is 0. The molecule has 3 rings (SSSR count). The van der Waals surface area contributed by atoms with Gasteiger partial charge in [-0.15, -0.1) is 0 Å². The highest BCUT2D eigenvalue weighted by Crippen LogP contribution is 2.34. The van der Waals surface area contributed by atoms with E-state index in [4.69, 9.17) is 5.26 Å². The molecule has 2 aliphatic heterocycles. The van der Waals surface area contributed by atoms with Crippen LogP contribution in [-0.4, -0.2) is 46.4 Å². The number of nitriles is 1. The topological polar surface area (TPSA) is 76.4 Å². The third-order valence-corrected chi connectivity index (χ3v) is 5.08. The molecule has 126 valence electrons. The zero-order valence-electron chi connectivity index (χ0n) is 14.2. The smallest absolute Gasteiger partial charge is 0.322 e. The maximum atomic E-state index is 12.7. The van der Waals surface area contributed by atoms with Gasteiger partial charge in [-0.1, -0.05) is 12.1 Å². The lowest BCUT2D eigenvalue weighted by Gasteiger charge is -2.27. The predicted octanol–water partition coefficient (Wildman–Crippen LogP) is 2.02. The monoisotopic (exact) mass is 326 g/mol. The lowest BCUT2D eigenvalue weighted by molar-refractivity contribution is -0.132. The summed E-state index contributed by atoms with van der Waals surface area (Å²) in [6, 6.07) is 9.32. The van der Waals surface area contributed by atoms with Crippen molar-refractivity contribution in [2.24, 2.45) is 0 Å². The summed E-state index contributed by atoms with van der Waals surface area (Å²) in [4.78, 5) is 28.4. The molecule has 2 atom stereocenters. The number of benzene rings is 1. The number of carbonyl (C=O) groups excluding carboxylic acids is 2. The van der Waals surface area contributed by atoms with E-state index < -0.39 is 5.54 Å². The summed E-state index contributed by atoms with van der Waals surface area (Å²) in [5.41, 5.74) is 0.945. The summed E-state index contributed by atoms with van der Waals surface area (Å²) in [7, 11) is 0. The highest BCUT2D eigenvalue weighted by atomic mass is 16.2. The minimum absolute atomic E-state index is 0.114. The lowest BCUT2D eigenvalue weighted by Crippen LogP contribution is -2.49. The highest BCUT2D eigenvalue weighted by Gasteiger charge is 2.55. The van der Waals surface area contributed by atoms with E-state index in [1.54, 1.807) is 12.1 Å². The van der Waals surface area contributed by atoms with Gasteiger partial charge in [0.2, 0.25) is 0 Å². The summed E-state index contributed by atoms with van der Waals surface area (Å²) in [6.45, 7) is 7.05. The number of amides is 3. The fourth-order valence-corrected chi connectivity index (χ4v) is 3.60. The molecule has 0 radical (unpaired) electrons. The number of hydrogen-bond acceptors (Lipinski definition) is 4. The minimum Gasteiger partial charge on any atom is -0.322 e. The van der Waals surface area contributed by atoms with E-state index in [1.807, 2.05) is 26.0 Å². The van der Waals surface area contributed by atoms with E-state index in [1.165, 1.54) is 4.90 Å². The van der Waals surface area contributed by atoms with Crippen LogP contribution in [0.3, 0.4) is 0 Å². The van der Waals surface area contributed by atoms with Crippen molar-refractivity contribution in [1.29, 1.82) is 5.26 Å². The maximum Gasteiger partial charge on any atom is 0.325 e. The zero-order valence-corrected chi connectivity index (χ0v) is 14.2. The van der Waals surface area contributed by atoms with Gasteiger partial charge in [0.1, 0.15) is 5.54 Å². The highest BCUT2D eigenvalue weighted by molar-refractivity contribution is 6.07. The molecule has 0 bridgehead atoms. The van der Waals surface area contributed by atoms with Crippen LogP contribution < -0.4 is 5.32 Å². The van der Waals surface area contributed by atoms with Crippen LogP contribution in [0, 0.1) is 11.3 Å². The minimum atomic E-state index is -0.789. The molecule has 1 spiro atoms. The zero-order chi connectivity index (χ0) is 17.5. The van der Waals surface area contributed by atoms with E-state index in [0.29, 0.717) is 18.5 Å². The maximum absolute atomic E-state index is 12.7. The number of likely N-dealkylation sites (tertiary alicyclic amines) is 1. The SMILES string of the molecule is CC(C)N1C(=O)N[C@]2(CCN([C@@H](C)c3ccc(C#N)cc3)C2)C1=O. The molecular weight excluding hydrogens is 304 g/mol. The van der Waals surface area contributed by atoms with Crippen molar-refractivity contribution in [3.8, 4) is 6.07 Å². The molecular formula is C18H22N4O2. The average Bonchev–Trinajstić information content (AvgIpc) is 3.09. The predicted molar refractivity (Wildman–Crippen MR) is 89.0 cm³/mol. The van der Waals surface area contributed by atoms with Crippen molar-refractivity contribution in [3.63, 3.8) is 0 Å². The number of hydrogen-bond donors (Lipinski definition) is 1. The Bertz CT molecular complexity index is 707. The molecule has 0 aliphatic carbocycles. The standard InChI is InChI=1S/C18H22N4O2/c1-12(2)22-16(23)18(20-17(22)24)8-9-21(11-18)13(3)15-6-4-14(10-19)5-7-15/h4-7,12-13H,8-9,11H2,1-3H3,(H,20,24)/t13-,18-/m0/s1. The van der Waals surface area contributed by atoms with Crippen LogP contribution in [0.5, 0.6) is 0 Å². The van der Waals surface area contributed by atoms with Gasteiger partial charge < -0.3 is 5.32 Å². The van der Waals surface area contributed by atoms with Gasteiger partial charge in [0, 0.05) is 25.2 Å². The van der Waals surface area contributed by atoms with Crippen LogP contribution in [0.1, 0.15) is 44.4 Å². The number of rotatable bonds is 3. The summed E-state index contributed by atoms with van der Waals surface area (Å²) < 4.78 is 0. The van der Waals surface area contributed by atoms with Gasteiger partial charge in [0.25, 0.3) is 5.91 Å². The quantitative estimate of drug-likeness (QED) is 0.862. The van der Waals surface area contributed by atoms with Crippen molar-refractivity contribution in [2.45, 2.75) is 44.8 Å². The van der Waals surface area contributed by atoms with Crippen LogP contribution >= 0.6 is 0 Å². The summed E-state index contributed by atoms with van der Waals surface area (Å²) in [6.07, 6.45) is 0.626. The average molecular weight is 326 g/mol. The van der Waals surface area contributed by atoms with Crippen molar-refractivity contribution in [2.75, 3.05) is 13.1 Å². The Morgan fingerprint density at radius 3 is 2.42 bits per heavy atom. The summed E-state index contributed by atoms with van der Waals surface area (Å²) in [5, 5.41) is 11.8. The van der Waals surface area contributed by atoms with Crippen LogP contribution in [-0.2, 0) is 4.79 Å². The third-order valence-electron chi connectivity index (χ3n) is 5.08. The molecule has 2 aliphatic rings. The molecule has 2 heterocycles. The Balaban J connectivity index is 1.76. The third kappa shape index (κ3) is 2.55. The molecule has 1 aromatic rings. The molecule has 0 unspecified atom stereocenters. The number of imide groups is 1. The first kappa shape index (κ1) is 16.5. The molecule has 3 amide bonds. The van der Waals surface area contributed by atoms with Gasteiger partial charge in [-0.05, 0) is 44.9 Å². The second-order valence-electron chi connectivity index (χ2n) is 6.91. The number of nitrogens with one attached hydrogen (secondary N) is 1. The number of urea groups is 1. The van der Waals surface area contributed by atoms with Crippen molar-refractivity contribution in [3.05, 3.63) is 35.4 Å². The number of carbonyl (C=O) groups is 2. The second-order valence-corrected chi connectivity index (χ2v) is 6.91. The largest absolute Gasteiger partial charge is 0.325 e. The number of nitrogens with zero attached hydrogens (tertiary/aromatic N) is 3. The second kappa shape index (κ2) is 5.91. The first-order chi connectivity index (χ1) is 11.4. The molecule has 24 heavy (non-hydrogen) atoms. The Labute approximate surface area is 142 Å². The Morgan fingerprint density at radius 2 is 1.88 bits per heavy atom. The molecule has 6 nitrogen and oxygen atoms in total. The fourth-order valence-electron chi connectivity index (χ4n) is 3.60. The van der Waals surface area contributed by atoms with E-state index in [-0.39, 0.29) is 24.0 Å². The molecule has 1 aromatic carbocycles. The Kier molecular flexibility index (Phi) is 4.06. The van der Waals surface area contributed by atoms with Gasteiger partial charge in [0.15, 0.2) is 0 Å². The van der Waals surface area contributed by atoms with Gasteiger partial charge >= 0.3 is 6.03 Å². The first-order valence-corrected chi connectivity index (χ1v) is 8.28. The van der Waals surface area contributed by atoms with Crippen LogP contribution in [0.15, 0.2) is 24.3 Å². The molecule has 0 aromatic heterocycles. The van der Waals surface area contributed by atoms with E-state index in [9.17, 15) is 9.59 Å². The summed E-state index contributed by atoms with van der Waals surface area (Å²) in [5.74, 6) is -0.114.